The van der Waals surface area contributed by atoms with Crippen LogP contribution >= 0.6 is 22.9 Å². The maximum Gasteiger partial charge on any atom is 0.246 e. The lowest BCUT2D eigenvalue weighted by Gasteiger charge is -2.30. The summed E-state index contributed by atoms with van der Waals surface area (Å²) >= 11 is 7.64. The highest BCUT2D eigenvalue weighted by Gasteiger charge is 2.20. The standard InChI is InChI=1S/C15H18ClN3OS/c1-18(11-5-3-2-4-6-11)13(20)8-7-12-14(16)17-15-19(12)9-10-21-15/h7-11H,2-6H2,1H3. The number of aromatic nitrogens is 2. The van der Waals surface area contributed by atoms with E-state index in [1.165, 1.54) is 30.6 Å². The van der Waals surface area contributed by atoms with Crippen LogP contribution in [0.1, 0.15) is 37.8 Å². The second-order valence-corrected chi connectivity index (χ2v) is 6.65. The van der Waals surface area contributed by atoms with Gasteiger partial charge in [0.25, 0.3) is 0 Å². The molecule has 1 fully saturated rings. The molecule has 6 heteroatoms. The Kier molecular flexibility index (Phi) is 4.31. The molecule has 1 saturated carbocycles. The van der Waals surface area contributed by atoms with Gasteiger partial charge in [-0.1, -0.05) is 30.9 Å². The molecule has 0 saturated heterocycles. The van der Waals surface area contributed by atoms with Crippen molar-refractivity contribution in [1.29, 1.82) is 0 Å². The predicted octanol–water partition coefficient (Wildman–Crippen LogP) is 3.85. The Morgan fingerprint density at radius 3 is 3.00 bits per heavy atom. The molecule has 1 aliphatic carbocycles. The van der Waals surface area contributed by atoms with Gasteiger partial charge in [-0.2, -0.15) is 0 Å². The molecule has 21 heavy (non-hydrogen) atoms. The van der Waals surface area contributed by atoms with Crippen molar-refractivity contribution in [2.75, 3.05) is 7.05 Å². The van der Waals surface area contributed by atoms with Crippen molar-refractivity contribution in [1.82, 2.24) is 14.3 Å². The fraction of sp³-hybridized carbons (Fsp3) is 0.467. The maximum absolute atomic E-state index is 12.3. The molecule has 0 aliphatic heterocycles. The van der Waals surface area contributed by atoms with Crippen LogP contribution in [0.4, 0.5) is 0 Å². The summed E-state index contributed by atoms with van der Waals surface area (Å²) in [7, 11) is 1.89. The maximum atomic E-state index is 12.3. The molecule has 1 amide bonds. The molecule has 112 valence electrons. The van der Waals surface area contributed by atoms with E-state index >= 15 is 0 Å². The number of carbonyl (C=O) groups is 1. The van der Waals surface area contributed by atoms with Crippen molar-refractivity contribution in [2.45, 2.75) is 38.1 Å². The van der Waals surface area contributed by atoms with Gasteiger partial charge < -0.3 is 4.90 Å². The Bertz CT molecular complexity index is 670. The predicted molar refractivity (Wildman–Crippen MR) is 86.8 cm³/mol. The topological polar surface area (TPSA) is 37.6 Å². The number of amides is 1. The molecule has 0 N–H and O–H groups in total. The van der Waals surface area contributed by atoms with E-state index in [9.17, 15) is 4.79 Å². The third-order valence-corrected chi connectivity index (χ3v) is 5.14. The molecule has 3 rings (SSSR count). The average molecular weight is 324 g/mol. The highest BCUT2D eigenvalue weighted by atomic mass is 35.5. The van der Waals surface area contributed by atoms with Crippen LogP contribution < -0.4 is 0 Å². The number of imidazole rings is 1. The van der Waals surface area contributed by atoms with Crippen molar-refractivity contribution < 1.29 is 4.79 Å². The molecule has 0 bridgehead atoms. The Morgan fingerprint density at radius 2 is 2.24 bits per heavy atom. The summed E-state index contributed by atoms with van der Waals surface area (Å²) in [5, 5.41) is 2.39. The SMILES string of the molecule is CN(C(=O)C=Cc1c(Cl)nc2sccn12)C1CCCCC1. The largest absolute Gasteiger partial charge is 0.339 e. The molecule has 0 spiro atoms. The summed E-state index contributed by atoms with van der Waals surface area (Å²) in [6, 6.07) is 0.373. The van der Waals surface area contributed by atoms with Gasteiger partial charge in [-0.25, -0.2) is 4.98 Å². The summed E-state index contributed by atoms with van der Waals surface area (Å²) in [6.07, 6.45) is 11.2. The molecule has 0 radical (unpaired) electrons. The third-order valence-electron chi connectivity index (χ3n) is 4.11. The zero-order valence-electron chi connectivity index (χ0n) is 12.0. The molecule has 2 aromatic rings. The number of hydrogen-bond donors (Lipinski definition) is 0. The first kappa shape index (κ1) is 14.6. The summed E-state index contributed by atoms with van der Waals surface area (Å²) in [6.45, 7) is 0. The molecule has 1 aliphatic rings. The van der Waals surface area contributed by atoms with Crippen molar-refractivity contribution in [3.63, 3.8) is 0 Å². The van der Waals surface area contributed by atoms with Gasteiger partial charge in [0.1, 0.15) is 0 Å². The van der Waals surface area contributed by atoms with Gasteiger partial charge >= 0.3 is 0 Å². The fourth-order valence-corrected chi connectivity index (χ4v) is 3.85. The fourth-order valence-electron chi connectivity index (χ4n) is 2.84. The lowest BCUT2D eigenvalue weighted by molar-refractivity contribution is -0.127. The second-order valence-electron chi connectivity index (χ2n) is 5.42. The van der Waals surface area contributed by atoms with Crippen LogP contribution in [-0.4, -0.2) is 33.3 Å². The van der Waals surface area contributed by atoms with Crippen LogP contribution in [0.3, 0.4) is 0 Å². The molecule has 0 aromatic carbocycles. The van der Waals surface area contributed by atoms with Gasteiger partial charge in [-0.05, 0) is 18.9 Å². The van der Waals surface area contributed by atoms with E-state index in [0.29, 0.717) is 11.2 Å². The van der Waals surface area contributed by atoms with Gasteiger partial charge in [-0.15, -0.1) is 11.3 Å². The number of hydrogen-bond acceptors (Lipinski definition) is 3. The number of rotatable bonds is 3. The zero-order valence-corrected chi connectivity index (χ0v) is 13.5. The van der Waals surface area contributed by atoms with Crippen LogP contribution in [0.5, 0.6) is 0 Å². The van der Waals surface area contributed by atoms with Gasteiger partial charge in [-0.3, -0.25) is 9.20 Å². The van der Waals surface area contributed by atoms with E-state index in [-0.39, 0.29) is 5.91 Å². The summed E-state index contributed by atoms with van der Waals surface area (Å²) < 4.78 is 1.90. The van der Waals surface area contributed by atoms with E-state index in [0.717, 1.165) is 23.5 Å². The minimum Gasteiger partial charge on any atom is -0.339 e. The lowest BCUT2D eigenvalue weighted by Crippen LogP contribution is -2.37. The first-order chi connectivity index (χ1) is 10.2. The van der Waals surface area contributed by atoms with Crippen molar-refractivity contribution >= 4 is 39.9 Å². The minimum absolute atomic E-state index is 0.0307. The number of nitrogens with zero attached hydrogens (tertiary/aromatic N) is 3. The summed E-state index contributed by atoms with van der Waals surface area (Å²) in [5.74, 6) is 0.0307. The minimum atomic E-state index is 0.0307. The van der Waals surface area contributed by atoms with Gasteiger partial charge in [0, 0.05) is 30.7 Å². The monoisotopic (exact) mass is 323 g/mol. The van der Waals surface area contributed by atoms with E-state index in [1.807, 2.05) is 27.9 Å². The number of fused-ring (bicyclic) bond motifs is 1. The first-order valence-corrected chi connectivity index (χ1v) is 8.48. The smallest absolute Gasteiger partial charge is 0.246 e. The Hall–Kier alpha value is -1.33. The van der Waals surface area contributed by atoms with Gasteiger partial charge in [0.05, 0.1) is 5.69 Å². The highest BCUT2D eigenvalue weighted by molar-refractivity contribution is 7.15. The summed E-state index contributed by atoms with van der Waals surface area (Å²) in [4.78, 5) is 19.2. The summed E-state index contributed by atoms with van der Waals surface area (Å²) in [5.41, 5.74) is 0.762. The zero-order chi connectivity index (χ0) is 14.8. The number of carbonyl (C=O) groups excluding carboxylic acids is 1. The quantitative estimate of drug-likeness (QED) is 0.804. The second kappa shape index (κ2) is 6.20. The van der Waals surface area contributed by atoms with Crippen LogP contribution in [0, 0.1) is 0 Å². The molecule has 2 aromatic heterocycles. The molecule has 4 nitrogen and oxygen atoms in total. The van der Waals surface area contributed by atoms with Gasteiger partial charge in [0.15, 0.2) is 10.1 Å². The number of likely N-dealkylation sites (N-methyl/N-ethyl adjacent to an activating group) is 1. The van der Waals surface area contributed by atoms with E-state index in [1.54, 1.807) is 12.2 Å². The lowest BCUT2D eigenvalue weighted by atomic mass is 9.94. The third kappa shape index (κ3) is 2.99. The highest BCUT2D eigenvalue weighted by Crippen LogP contribution is 2.24. The van der Waals surface area contributed by atoms with Crippen LogP contribution in [-0.2, 0) is 4.79 Å². The van der Waals surface area contributed by atoms with Crippen molar-refractivity contribution in [2.24, 2.45) is 0 Å². The molecular weight excluding hydrogens is 306 g/mol. The van der Waals surface area contributed by atoms with Gasteiger partial charge in [0.2, 0.25) is 5.91 Å². The molecule has 2 heterocycles. The van der Waals surface area contributed by atoms with E-state index < -0.39 is 0 Å². The van der Waals surface area contributed by atoms with Crippen LogP contribution in [0.25, 0.3) is 11.0 Å². The van der Waals surface area contributed by atoms with E-state index in [4.69, 9.17) is 11.6 Å². The van der Waals surface area contributed by atoms with Crippen molar-refractivity contribution in [3.05, 3.63) is 28.5 Å². The first-order valence-electron chi connectivity index (χ1n) is 7.23. The number of thiazole rings is 1. The Morgan fingerprint density at radius 1 is 1.48 bits per heavy atom. The number of halogens is 1. The van der Waals surface area contributed by atoms with Crippen LogP contribution in [0.2, 0.25) is 5.15 Å². The molecular formula is C15H18ClN3OS. The molecule has 0 atom stereocenters. The van der Waals surface area contributed by atoms with E-state index in [2.05, 4.69) is 4.98 Å². The molecule has 0 unspecified atom stereocenters. The van der Waals surface area contributed by atoms with Crippen LogP contribution in [0.15, 0.2) is 17.7 Å². The Balaban J connectivity index is 1.74. The van der Waals surface area contributed by atoms with Crippen molar-refractivity contribution in [3.8, 4) is 0 Å². The normalized spacial score (nSPS) is 16.9. The Labute approximate surface area is 133 Å². The average Bonchev–Trinajstić information content (AvgIpc) is 3.06.